The van der Waals surface area contributed by atoms with E-state index in [4.69, 9.17) is 4.42 Å². The minimum Gasteiger partial charge on any atom is -0.467 e. The highest BCUT2D eigenvalue weighted by molar-refractivity contribution is 5.56. The third-order valence-corrected chi connectivity index (χ3v) is 3.53. The molecule has 0 radical (unpaired) electrons. The molecule has 0 N–H and O–H groups in total. The minimum absolute atomic E-state index is 0.191. The highest BCUT2D eigenvalue weighted by Crippen LogP contribution is 2.36. The van der Waals surface area contributed by atoms with Crippen LogP contribution in [0, 0.1) is 18.3 Å². The van der Waals surface area contributed by atoms with Gasteiger partial charge in [-0.25, -0.2) is 4.98 Å². The first-order chi connectivity index (χ1) is 9.29. The van der Waals surface area contributed by atoms with Gasteiger partial charge in [0, 0.05) is 12.2 Å². The van der Waals surface area contributed by atoms with Crippen molar-refractivity contribution in [3.05, 3.63) is 47.5 Å². The largest absolute Gasteiger partial charge is 0.467 e. The topological polar surface area (TPSA) is 53.1 Å². The van der Waals surface area contributed by atoms with Gasteiger partial charge in [-0.3, -0.25) is 0 Å². The molecule has 2 aromatic heterocycles. The number of anilines is 1. The number of furan rings is 1. The molecule has 0 amide bonds. The van der Waals surface area contributed by atoms with E-state index in [0.29, 0.717) is 5.56 Å². The number of pyridine rings is 1. The van der Waals surface area contributed by atoms with Crippen LogP contribution in [-0.2, 0) is 0 Å². The zero-order chi connectivity index (χ0) is 13.2. The second kappa shape index (κ2) is 4.77. The molecule has 2 aromatic rings. The van der Waals surface area contributed by atoms with Crippen molar-refractivity contribution < 1.29 is 4.42 Å². The lowest BCUT2D eigenvalue weighted by Gasteiger charge is -2.25. The molecule has 1 saturated heterocycles. The number of nitrogens with zero attached hydrogens (tertiary/aromatic N) is 3. The lowest BCUT2D eigenvalue weighted by Crippen LogP contribution is -2.24. The second-order valence-electron chi connectivity index (χ2n) is 4.80. The van der Waals surface area contributed by atoms with Crippen molar-refractivity contribution in [3.8, 4) is 6.07 Å². The molecule has 0 bridgehead atoms. The van der Waals surface area contributed by atoms with Crippen molar-refractivity contribution in [1.29, 1.82) is 5.26 Å². The molecule has 3 rings (SSSR count). The van der Waals surface area contributed by atoms with Gasteiger partial charge in [0.2, 0.25) is 0 Å². The van der Waals surface area contributed by atoms with E-state index in [1.807, 2.05) is 31.2 Å². The summed E-state index contributed by atoms with van der Waals surface area (Å²) in [5.74, 6) is 1.73. The van der Waals surface area contributed by atoms with E-state index in [0.717, 1.165) is 36.7 Å². The first-order valence-corrected chi connectivity index (χ1v) is 6.47. The molecule has 4 nitrogen and oxygen atoms in total. The molecule has 1 fully saturated rings. The summed E-state index contributed by atoms with van der Waals surface area (Å²) in [4.78, 5) is 6.73. The SMILES string of the molecule is Cc1ccc(C#N)c(N2CCCC2c2ccco2)n1. The zero-order valence-corrected chi connectivity index (χ0v) is 10.8. The van der Waals surface area contributed by atoms with E-state index in [9.17, 15) is 5.26 Å². The molecule has 4 heteroatoms. The summed E-state index contributed by atoms with van der Waals surface area (Å²) >= 11 is 0. The first kappa shape index (κ1) is 11.8. The normalized spacial score (nSPS) is 18.5. The van der Waals surface area contributed by atoms with Crippen molar-refractivity contribution in [2.24, 2.45) is 0 Å². The molecule has 0 saturated carbocycles. The number of hydrogen-bond acceptors (Lipinski definition) is 4. The molecule has 1 unspecified atom stereocenters. The Morgan fingerprint density at radius 2 is 2.32 bits per heavy atom. The van der Waals surface area contributed by atoms with Gasteiger partial charge in [0.05, 0.1) is 17.9 Å². The summed E-state index contributed by atoms with van der Waals surface area (Å²) in [6, 6.07) is 10.0. The lowest BCUT2D eigenvalue weighted by molar-refractivity contribution is 0.464. The van der Waals surface area contributed by atoms with Crippen molar-refractivity contribution in [1.82, 2.24) is 4.98 Å². The van der Waals surface area contributed by atoms with Crippen molar-refractivity contribution >= 4 is 5.82 Å². The van der Waals surface area contributed by atoms with Crippen LogP contribution in [0.1, 0.15) is 35.9 Å². The third-order valence-electron chi connectivity index (χ3n) is 3.53. The average Bonchev–Trinajstić information content (AvgIpc) is 3.09. The Labute approximate surface area is 112 Å². The fourth-order valence-electron chi connectivity index (χ4n) is 2.65. The Morgan fingerprint density at radius 3 is 3.05 bits per heavy atom. The standard InChI is InChI=1S/C15H15N3O/c1-11-6-7-12(10-16)15(17-11)18-8-2-4-13(18)14-5-3-9-19-14/h3,5-7,9,13H,2,4,8H2,1H3. The molecule has 0 aliphatic carbocycles. The number of hydrogen-bond donors (Lipinski definition) is 0. The second-order valence-corrected chi connectivity index (χ2v) is 4.80. The molecule has 3 heterocycles. The van der Waals surface area contributed by atoms with Crippen LogP contribution in [0.4, 0.5) is 5.82 Å². The van der Waals surface area contributed by atoms with E-state index >= 15 is 0 Å². The van der Waals surface area contributed by atoms with Gasteiger partial charge >= 0.3 is 0 Å². The summed E-state index contributed by atoms with van der Waals surface area (Å²) in [5, 5.41) is 9.25. The Balaban J connectivity index is 2.02. The monoisotopic (exact) mass is 253 g/mol. The van der Waals surface area contributed by atoms with Crippen molar-refractivity contribution in [2.45, 2.75) is 25.8 Å². The van der Waals surface area contributed by atoms with Crippen LogP contribution in [0.2, 0.25) is 0 Å². The van der Waals surface area contributed by atoms with Crippen LogP contribution in [0.3, 0.4) is 0 Å². The molecule has 0 aromatic carbocycles. The van der Waals surface area contributed by atoms with Gasteiger partial charge < -0.3 is 9.32 Å². The van der Waals surface area contributed by atoms with Gasteiger partial charge in [-0.2, -0.15) is 5.26 Å². The lowest BCUT2D eigenvalue weighted by atomic mass is 10.1. The Kier molecular flexibility index (Phi) is 2.96. The molecule has 1 atom stereocenters. The van der Waals surface area contributed by atoms with Crippen molar-refractivity contribution in [2.75, 3.05) is 11.4 Å². The highest BCUT2D eigenvalue weighted by Gasteiger charge is 2.30. The maximum absolute atomic E-state index is 9.25. The highest BCUT2D eigenvalue weighted by atomic mass is 16.3. The van der Waals surface area contributed by atoms with Crippen LogP contribution >= 0.6 is 0 Å². The Bertz CT molecular complexity index is 613. The molecule has 1 aliphatic rings. The summed E-state index contributed by atoms with van der Waals surface area (Å²) in [6.45, 7) is 2.86. The number of rotatable bonds is 2. The molecular formula is C15H15N3O. The Morgan fingerprint density at radius 1 is 1.42 bits per heavy atom. The fraction of sp³-hybridized carbons (Fsp3) is 0.333. The smallest absolute Gasteiger partial charge is 0.147 e. The molecular weight excluding hydrogens is 238 g/mol. The molecule has 96 valence electrons. The van der Waals surface area contributed by atoms with Gasteiger partial charge in [-0.05, 0) is 44.0 Å². The van der Waals surface area contributed by atoms with Crippen molar-refractivity contribution in [3.63, 3.8) is 0 Å². The predicted molar refractivity (Wildman–Crippen MR) is 71.7 cm³/mol. The van der Waals surface area contributed by atoms with Gasteiger partial charge in [0.15, 0.2) is 0 Å². The number of aryl methyl sites for hydroxylation is 1. The number of nitriles is 1. The molecule has 1 aliphatic heterocycles. The van der Waals surface area contributed by atoms with Crippen LogP contribution in [0.5, 0.6) is 0 Å². The van der Waals surface area contributed by atoms with Crippen LogP contribution < -0.4 is 4.90 Å². The average molecular weight is 253 g/mol. The molecule has 19 heavy (non-hydrogen) atoms. The predicted octanol–water partition coefficient (Wildman–Crippen LogP) is 3.20. The Hall–Kier alpha value is -2.28. The quantitative estimate of drug-likeness (QED) is 0.824. The maximum atomic E-state index is 9.25. The summed E-state index contributed by atoms with van der Waals surface area (Å²) in [5.41, 5.74) is 1.56. The zero-order valence-electron chi connectivity index (χ0n) is 10.8. The third kappa shape index (κ3) is 2.08. The van der Waals surface area contributed by atoms with E-state index in [-0.39, 0.29) is 6.04 Å². The van der Waals surface area contributed by atoms with Gasteiger partial charge in [0.25, 0.3) is 0 Å². The fourth-order valence-corrected chi connectivity index (χ4v) is 2.65. The maximum Gasteiger partial charge on any atom is 0.147 e. The van der Waals surface area contributed by atoms with Crippen LogP contribution in [0.25, 0.3) is 0 Å². The first-order valence-electron chi connectivity index (χ1n) is 6.47. The van der Waals surface area contributed by atoms with E-state index in [2.05, 4.69) is 16.0 Å². The minimum atomic E-state index is 0.191. The van der Waals surface area contributed by atoms with Gasteiger partial charge in [0.1, 0.15) is 17.6 Å². The number of aromatic nitrogens is 1. The molecule has 0 spiro atoms. The van der Waals surface area contributed by atoms with E-state index < -0.39 is 0 Å². The van der Waals surface area contributed by atoms with E-state index in [1.54, 1.807) is 6.26 Å². The summed E-state index contributed by atoms with van der Waals surface area (Å²) in [7, 11) is 0. The summed E-state index contributed by atoms with van der Waals surface area (Å²) in [6.07, 6.45) is 3.82. The van der Waals surface area contributed by atoms with Gasteiger partial charge in [-0.15, -0.1) is 0 Å². The van der Waals surface area contributed by atoms with E-state index in [1.165, 1.54) is 0 Å². The summed E-state index contributed by atoms with van der Waals surface area (Å²) < 4.78 is 5.52. The van der Waals surface area contributed by atoms with Crippen LogP contribution in [-0.4, -0.2) is 11.5 Å². The van der Waals surface area contributed by atoms with Crippen LogP contribution in [0.15, 0.2) is 34.9 Å². The van der Waals surface area contributed by atoms with Gasteiger partial charge in [-0.1, -0.05) is 0 Å².